The number of benzene rings is 1. The summed E-state index contributed by atoms with van der Waals surface area (Å²) in [7, 11) is 2.07. The summed E-state index contributed by atoms with van der Waals surface area (Å²) in [5, 5.41) is 7.25. The van der Waals surface area contributed by atoms with Crippen molar-refractivity contribution in [3.8, 4) is 0 Å². The molecule has 3 N–H and O–H groups in total. The summed E-state index contributed by atoms with van der Waals surface area (Å²) >= 11 is 0. The SMILES string of the molecule is CCC(=O)CCCCC[C@H](NC(=O)C1CCN(C)CC1)C(=O)NCCc1c[nH]c2ccccc12. The quantitative estimate of drug-likeness (QED) is 0.392. The van der Waals surface area contributed by atoms with Gasteiger partial charge >= 0.3 is 0 Å². The van der Waals surface area contributed by atoms with E-state index in [1.54, 1.807) is 0 Å². The molecule has 3 rings (SSSR count). The van der Waals surface area contributed by atoms with E-state index in [1.165, 1.54) is 10.9 Å². The Bertz CT molecular complexity index is 946. The highest BCUT2D eigenvalue weighted by Gasteiger charge is 2.27. The molecule has 1 aliphatic heterocycles. The molecular weight excluding hydrogens is 428 g/mol. The van der Waals surface area contributed by atoms with Gasteiger partial charge in [-0.2, -0.15) is 0 Å². The summed E-state index contributed by atoms with van der Waals surface area (Å²) in [5.74, 6) is 0.124. The molecule has 186 valence electrons. The van der Waals surface area contributed by atoms with Crippen LogP contribution in [0.25, 0.3) is 10.9 Å². The van der Waals surface area contributed by atoms with E-state index in [4.69, 9.17) is 0 Å². The standard InChI is InChI=1S/C27H40N4O3/c1-3-22(32)9-5-4-6-12-25(30-26(33)20-14-17-31(2)18-15-20)27(34)28-16-13-21-19-29-24-11-8-7-10-23(21)24/h7-8,10-11,19-20,25,29H,3-6,9,12-18H2,1-2H3,(H,28,34)(H,30,33)/t25-/m0/s1. The van der Waals surface area contributed by atoms with Crippen LogP contribution < -0.4 is 10.6 Å². The predicted molar refractivity (Wildman–Crippen MR) is 136 cm³/mol. The number of hydrogen-bond donors (Lipinski definition) is 3. The minimum absolute atomic E-state index is 0.00830. The van der Waals surface area contributed by atoms with E-state index in [-0.39, 0.29) is 23.5 Å². The second kappa shape index (κ2) is 13.3. The van der Waals surface area contributed by atoms with Crippen molar-refractivity contribution < 1.29 is 14.4 Å². The molecule has 34 heavy (non-hydrogen) atoms. The van der Waals surface area contributed by atoms with Gasteiger partial charge in [-0.05, 0) is 63.9 Å². The third kappa shape index (κ3) is 7.69. The minimum atomic E-state index is -0.531. The highest BCUT2D eigenvalue weighted by atomic mass is 16.2. The van der Waals surface area contributed by atoms with E-state index in [0.717, 1.165) is 57.1 Å². The molecule has 2 heterocycles. The molecule has 1 aromatic heterocycles. The molecule has 1 atom stereocenters. The smallest absolute Gasteiger partial charge is 0.242 e. The van der Waals surface area contributed by atoms with Crippen molar-refractivity contribution in [3.63, 3.8) is 0 Å². The van der Waals surface area contributed by atoms with Crippen LogP contribution in [0.4, 0.5) is 0 Å². The zero-order valence-electron chi connectivity index (χ0n) is 20.7. The molecule has 1 aliphatic rings. The van der Waals surface area contributed by atoms with Crippen LogP contribution in [-0.4, -0.2) is 60.2 Å². The minimum Gasteiger partial charge on any atom is -0.361 e. The zero-order valence-corrected chi connectivity index (χ0v) is 20.7. The fourth-order valence-corrected chi connectivity index (χ4v) is 4.64. The van der Waals surface area contributed by atoms with Crippen LogP contribution in [0.5, 0.6) is 0 Å². The number of unbranched alkanes of at least 4 members (excludes halogenated alkanes) is 2. The van der Waals surface area contributed by atoms with E-state index in [2.05, 4.69) is 33.6 Å². The Labute approximate surface area is 203 Å². The fraction of sp³-hybridized carbons (Fsp3) is 0.593. The summed E-state index contributed by atoms with van der Waals surface area (Å²) < 4.78 is 0. The number of nitrogens with one attached hydrogen (secondary N) is 3. The maximum atomic E-state index is 13.0. The summed E-state index contributed by atoms with van der Waals surface area (Å²) in [6, 6.07) is 7.61. The number of fused-ring (bicyclic) bond motifs is 1. The third-order valence-corrected chi connectivity index (χ3v) is 6.93. The lowest BCUT2D eigenvalue weighted by molar-refractivity contribution is -0.132. The van der Waals surface area contributed by atoms with Crippen LogP contribution in [-0.2, 0) is 20.8 Å². The lowest BCUT2D eigenvalue weighted by Gasteiger charge is -2.29. The normalized spacial score (nSPS) is 15.8. The van der Waals surface area contributed by atoms with E-state index < -0.39 is 6.04 Å². The van der Waals surface area contributed by atoms with Gasteiger partial charge in [-0.3, -0.25) is 14.4 Å². The Kier molecular flexibility index (Phi) is 10.1. The third-order valence-electron chi connectivity index (χ3n) is 6.93. The first-order chi connectivity index (χ1) is 16.5. The molecule has 7 nitrogen and oxygen atoms in total. The Morgan fingerprint density at radius 1 is 1.12 bits per heavy atom. The van der Waals surface area contributed by atoms with Crippen LogP contribution in [0.2, 0.25) is 0 Å². The van der Waals surface area contributed by atoms with E-state index >= 15 is 0 Å². The number of aromatic nitrogens is 1. The number of para-hydroxylation sites is 1. The summed E-state index contributed by atoms with van der Waals surface area (Å²) in [4.78, 5) is 42.9. The molecule has 7 heteroatoms. The summed E-state index contributed by atoms with van der Waals surface area (Å²) in [6.07, 6.45) is 8.68. The Morgan fingerprint density at radius 3 is 2.65 bits per heavy atom. The van der Waals surface area contributed by atoms with Gasteiger partial charge in [0.15, 0.2) is 0 Å². The molecule has 0 spiro atoms. The highest BCUT2D eigenvalue weighted by Crippen LogP contribution is 2.18. The summed E-state index contributed by atoms with van der Waals surface area (Å²) in [6.45, 7) is 4.22. The molecule has 2 aromatic rings. The van der Waals surface area contributed by atoms with Crippen molar-refractivity contribution >= 4 is 28.5 Å². The van der Waals surface area contributed by atoms with Crippen molar-refractivity contribution in [2.24, 2.45) is 5.92 Å². The lowest BCUT2D eigenvalue weighted by atomic mass is 9.95. The van der Waals surface area contributed by atoms with Crippen molar-refractivity contribution in [3.05, 3.63) is 36.0 Å². The monoisotopic (exact) mass is 468 g/mol. The first kappa shape index (κ1) is 25.9. The van der Waals surface area contributed by atoms with E-state index in [9.17, 15) is 14.4 Å². The van der Waals surface area contributed by atoms with Crippen molar-refractivity contribution in [1.29, 1.82) is 0 Å². The van der Waals surface area contributed by atoms with Gasteiger partial charge in [0.25, 0.3) is 0 Å². The van der Waals surface area contributed by atoms with E-state index in [1.807, 2.05) is 31.3 Å². The highest BCUT2D eigenvalue weighted by molar-refractivity contribution is 5.88. The molecule has 0 aliphatic carbocycles. The van der Waals surface area contributed by atoms with Gasteiger partial charge in [0.1, 0.15) is 11.8 Å². The van der Waals surface area contributed by atoms with Gasteiger partial charge in [-0.1, -0.05) is 38.0 Å². The molecular formula is C27H40N4O3. The van der Waals surface area contributed by atoms with Crippen molar-refractivity contribution in [2.45, 2.75) is 70.8 Å². The number of hydrogen-bond acceptors (Lipinski definition) is 4. The van der Waals surface area contributed by atoms with Crippen LogP contribution in [0.3, 0.4) is 0 Å². The lowest BCUT2D eigenvalue weighted by Crippen LogP contribution is -2.50. The molecule has 0 saturated carbocycles. The van der Waals surface area contributed by atoms with Crippen LogP contribution >= 0.6 is 0 Å². The molecule has 0 radical (unpaired) electrons. The topological polar surface area (TPSA) is 94.3 Å². The maximum Gasteiger partial charge on any atom is 0.242 e. The number of likely N-dealkylation sites (tertiary alicyclic amines) is 1. The summed E-state index contributed by atoms with van der Waals surface area (Å²) in [5.41, 5.74) is 2.26. The van der Waals surface area contributed by atoms with Gasteiger partial charge in [0, 0.05) is 42.4 Å². The molecule has 1 aromatic carbocycles. The zero-order chi connectivity index (χ0) is 24.3. The molecule has 0 bridgehead atoms. The van der Waals surface area contributed by atoms with Crippen LogP contribution in [0.1, 0.15) is 63.9 Å². The van der Waals surface area contributed by atoms with Crippen LogP contribution in [0.15, 0.2) is 30.5 Å². The number of piperidine rings is 1. The van der Waals surface area contributed by atoms with Crippen LogP contribution in [0, 0.1) is 5.92 Å². The Balaban J connectivity index is 1.51. The van der Waals surface area contributed by atoms with Gasteiger partial charge in [-0.25, -0.2) is 0 Å². The molecule has 0 unspecified atom stereocenters. The number of H-pyrrole nitrogens is 1. The first-order valence-electron chi connectivity index (χ1n) is 12.8. The van der Waals surface area contributed by atoms with E-state index in [0.29, 0.717) is 25.8 Å². The predicted octanol–water partition coefficient (Wildman–Crippen LogP) is 3.58. The number of ketones is 1. The Morgan fingerprint density at radius 2 is 1.88 bits per heavy atom. The number of aromatic amines is 1. The maximum absolute atomic E-state index is 13.0. The average molecular weight is 469 g/mol. The molecule has 2 amide bonds. The fourth-order valence-electron chi connectivity index (χ4n) is 4.64. The number of nitrogens with zero attached hydrogens (tertiary/aromatic N) is 1. The number of amides is 2. The second-order valence-corrected chi connectivity index (χ2v) is 9.53. The first-order valence-corrected chi connectivity index (χ1v) is 12.8. The van der Waals surface area contributed by atoms with Gasteiger partial charge in [0.2, 0.25) is 11.8 Å². The number of rotatable bonds is 13. The average Bonchev–Trinajstić information content (AvgIpc) is 3.26. The second-order valence-electron chi connectivity index (χ2n) is 9.53. The van der Waals surface area contributed by atoms with Gasteiger partial charge in [0.05, 0.1) is 0 Å². The van der Waals surface area contributed by atoms with Crippen molar-refractivity contribution in [1.82, 2.24) is 20.5 Å². The largest absolute Gasteiger partial charge is 0.361 e. The number of carbonyl (C=O) groups is 3. The van der Waals surface area contributed by atoms with Gasteiger partial charge in [-0.15, -0.1) is 0 Å². The molecule has 1 fully saturated rings. The Hall–Kier alpha value is -2.67. The molecule has 1 saturated heterocycles. The van der Waals surface area contributed by atoms with Crippen molar-refractivity contribution in [2.75, 3.05) is 26.7 Å². The number of carbonyl (C=O) groups excluding carboxylic acids is 3. The van der Waals surface area contributed by atoms with Gasteiger partial charge < -0.3 is 20.5 Å². The number of Topliss-reactive ketones (excluding diaryl/α,β-unsaturated/α-hetero) is 1.